The maximum Gasteiger partial charge on any atom is 0.254 e. The third kappa shape index (κ3) is 2.85. The van der Waals surface area contributed by atoms with Gasteiger partial charge in [-0.1, -0.05) is 11.6 Å². The molecule has 1 atom stereocenters. The van der Waals surface area contributed by atoms with Gasteiger partial charge in [0.1, 0.15) is 0 Å². The van der Waals surface area contributed by atoms with Gasteiger partial charge in [0.25, 0.3) is 5.91 Å². The Morgan fingerprint density at radius 1 is 1.42 bits per heavy atom. The molecule has 6 heteroatoms. The predicted octanol–water partition coefficient (Wildman–Crippen LogP) is 2.39. The van der Waals surface area contributed by atoms with Crippen LogP contribution < -0.4 is 4.90 Å². The van der Waals surface area contributed by atoms with Crippen molar-refractivity contribution in [3.05, 3.63) is 28.8 Å². The van der Waals surface area contributed by atoms with E-state index in [0.29, 0.717) is 29.2 Å². The first-order chi connectivity index (χ1) is 8.90. The zero-order chi connectivity index (χ0) is 14.2. The Bertz CT molecular complexity index is 531. The van der Waals surface area contributed by atoms with Crippen LogP contribution in [-0.2, 0) is 4.79 Å². The summed E-state index contributed by atoms with van der Waals surface area (Å²) in [5.41, 5.74) is 1.04. The third-order valence-electron chi connectivity index (χ3n) is 2.98. The predicted molar refractivity (Wildman–Crippen MR) is 76.1 cm³/mol. The Kier molecular flexibility index (Phi) is 4.02. The van der Waals surface area contributed by atoms with Crippen LogP contribution in [0.3, 0.4) is 0 Å². The monoisotopic (exact) mass is 300 g/mol. The molecular formula is C13H14Cl2N2O2. The van der Waals surface area contributed by atoms with E-state index >= 15 is 0 Å². The van der Waals surface area contributed by atoms with Crippen LogP contribution in [0.1, 0.15) is 16.8 Å². The smallest absolute Gasteiger partial charge is 0.254 e. The Morgan fingerprint density at radius 3 is 2.63 bits per heavy atom. The molecule has 1 saturated heterocycles. The van der Waals surface area contributed by atoms with E-state index in [-0.39, 0.29) is 17.2 Å². The molecule has 2 amide bonds. The molecule has 4 nitrogen and oxygen atoms in total. The van der Waals surface area contributed by atoms with Gasteiger partial charge in [-0.15, -0.1) is 11.6 Å². The summed E-state index contributed by atoms with van der Waals surface area (Å²) in [6.07, 6.45) is 0.321. The molecule has 1 aromatic rings. The maximum absolute atomic E-state index is 12.0. The van der Waals surface area contributed by atoms with Crippen LogP contribution in [0.5, 0.6) is 0 Å². The average Bonchev–Trinajstić information content (AvgIpc) is 2.68. The van der Waals surface area contributed by atoms with E-state index in [1.54, 1.807) is 37.2 Å². The summed E-state index contributed by atoms with van der Waals surface area (Å²) in [4.78, 5) is 26.8. The number of halogens is 2. The molecule has 0 aliphatic carbocycles. The Labute approximate surface area is 121 Å². The molecule has 0 saturated carbocycles. The summed E-state index contributed by atoms with van der Waals surface area (Å²) in [6.45, 7) is 0.456. The molecule has 102 valence electrons. The van der Waals surface area contributed by atoms with Gasteiger partial charge >= 0.3 is 0 Å². The molecule has 0 radical (unpaired) electrons. The van der Waals surface area contributed by atoms with Crippen LogP contribution in [-0.4, -0.2) is 42.7 Å². The molecule has 1 unspecified atom stereocenters. The van der Waals surface area contributed by atoms with Gasteiger partial charge in [-0.25, -0.2) is 0 Å². The van der Waals surface area contributed by atoms with Gasteiger partial charge in [0, 0.05) is 32.7 Å². The van der Waals surface area contributed by atoms with Crippen LogP contribution in [0.4, 0.5) is 5.69 Å². The lowest BCUT2D eigenvalue weighted by atomic mass is 10.1. The highest BCUT2D eigenvalue weighted by Gasteiger charge is 2.29. The van der Waals surface area contributed by atoms with E-state index in [2.05, 4.69) is 0 Å². The van der Waals surface area contributed by atoms with Crippen molar-refractivity contribution >= 4 is 40.7 Å². The fourth-order valence-corrected chi connectivity index (χ4v) is 2.47. The highest BCUT2D eigenvalue weighted by molar-refractivity contribution is 6.34. The standard InChI is InChI=1S/C13H14Cl2N2O2/c1-16(2)13(19)10-6-9(3-4-11(10)15)17-7-8(14)5-12(17)18/h3-4,6,8H,5,7H2,1-2H3. The topological polar surface area (TPSA) is 40.6 Å². The lowest BCUT2D eigenvalue weighted by molar-refractivity contribution is -0.117. The summed E-state index contributed by atoms with van der Waals surface area (Å²) in [5.74, 6) is -0.230. The zero-order valence-electron chi connectivity index (χ0n) is 10.7. The van der Waals surface area contributed by atoms with E-state index in [0.717, 1.165) is 0 Å². The lowest BCUT2D eigenvalue weighted by Gasteiger charge is -2.18. The van der Waals surface area contributed by atoms with E-state index in [4.69, 9.17) is 23.2 Å². The van der Waals surface area contributed by atoms with Crippen molar-refractivity contribution in [2.75, 3.05) is 25.5 Å². The number of nitrogens with zero attached hydrogens (tertiary/aromatic N) is 2. The Morgan fingerprint density at radius 2 is 2.11 bits per heavy atom. The summed E-state index contributed by atoms with van der Waals surface area (Å²) in [6, 6.07) is 4.99. The molecule has 0 aromatic heterocycles. The molecule has 19 heavy (non-hydrogen) atoms. The van der Waals surface area contributed by atoms with E-state index in [1.807, 2.05) is 0 Å². The van der Waals surface area contributed by atoms with Crippen LogP contribution in [0.2, 0.25) is 5.02 Å². The van der Waals surface area contributed by atoms with Gasteiger partial charge in [0.2, 0.25) is 5.91 Å². The zero-order valence-corrected chi connectivity index (χ0v) is 12.2. The van der Waals surface area contributed by atoms with Gasteiger partial charge in [-0.3, -0.25) is 9.59 Å². The number of carbonyl (C=O) groups excluding carboxylic acids is 2. The van der Waals surface area contributed by atoms with Crippen molar-refractivity contribution in [2.45, 2.75) is 11.8 Å². The van der Waals surface area contributed by atoms with Crippen molar-refractivity contribution in [1.29, 1.82) is 0 Å². The van der Waals surface area contributed by atoms with Crippen LogP contribution in [0.15, 0.2) is 18.2 Å². The minimum absolute atomic E-state index is 0.0365. The fraction of sp³-hybridized carbons (Fsp3) is 0.385. The second-order valence-electron chi connectivity index (χ2n) is 4.67. The molecule has 1 aliphatic heterocycles. The van der Waals surface area contributed by atoms with Crippen molar-refractivity contribution in [2.24, 2.45) is 0 Å². The first-order valence-electron chi connectivity index (χ1n) is 5.86. The van der Waals surface area contributed by atoms with E-state index in [9.17, 15) is 9.59 Å². The highest BCUT2D eigenvalue weighted by atomic mass is 35.5. The van der Waals surface area contributed by atoms with Crippen molar-refractivity contribution in [3.8, 4) is 0 Å². The third-order valence-corrected chi connectivity index (χ3v) is 3.60. The second-order valence-corrected chi connectivity index (χ2v) is 5.69. The molecule has 1 aliphatic rings. The highest BCUT2D eigenvalue weighted by Crippen LogP contribution is 2.28. The average molecular weight is 301 g/mol. The summed E-state index contributed by atoms with van der Waals surface area (Å²) >= 11 is 12.0. The number of hydrogen-bond acceptors (Lipinski definition) is 2. The van der Waals surface area contributed by atoms with Crippen molar-refractivity contribution in [3.63, 3.8) is 0 Å². The van der Waals surface area contributed by atoms with Crippen LogP contribution in [0.25, 0.3) is 0 Å². The minimum atomic E-state index is -0.194. The van der Waals surface area contributed by atoms with Crippen LogP contribution >= 0.6 is 23.2 Å². The molecule has 1 aromatic carbocycles. The quantitative estimate of drug-likeness (QED) is 0.787. The maximum atomic E-state index is 12.0. The van der Waals surface area contributed by atoms with Gasteiger partial charge in [0.05, 0.1) is 16.0 Å². The first-order valence-corrected chi connectivity index (χ1v) is 6.67. The molecule has 1 heterocycles. The van der Waals surface area contributed by atoms with Gasteiger partial charge < -0.3 is 9.80 Å². The molecule has 2 rings (SSSR count). The summed E-state index contributed by atoms with van der Waals surface area (Å²) in [5, 5.41) is 0.188. The number of anilines is 1. The normalized spacial score (nSPS) is 18.8. The molecular weight excluding hydrogens is 287 g/mol. The second kappa shape index (κ2) is 5.39. The summed E-state index contributed by atoms with van der Waals surface area (Å²) < 4.78 is 0. The van der Waals surface area contributed by atoms with Crippen molar-refractivity contribution < 1.29 is 9.59 Å². The van der Waals surface area contributed by atoms with Gasteiger partial charge in [-0.05, 0) is 18.2 Å². The number of alkyl halides is 1. The van der Waals surface area contributed by atoms with Crippen LogP contribution in [0, 0.1) is 0 Å². The minimum Gasteiger partial charge on any atom is -0.345 e. The number of rotatable bonds is 2. The fourth-order valence-electron chi connectivity index (χ4n) is 2.00. The molecule has 0 N–H and O–H groups in total. The molecule has 0 spiro atoms. The van der Waals surface area contributed by atoms with E-state index < -0.39 is 0 Å². The Hall–Kier alpha value is -1.26. The molecule has 1 fully saturated rings. The number of benzene rings is 1. The summed E-state index contributed by atoms with van der Waals surface area (Å²) in [7, 11) is 3.31. The SMILES string of the molecule is CN(C)C(=O)c1cc(N2CC(Cl)CC2=O)ccc1Cl. The largest absolute Gasteiger partial charge is 0.345 e. The first kappa shape index (κ1) is 14.2. The number of carbonyl (C=O) groups is 2. The van der Waals surface area contributed by atoms with Crippen molar-refractivity contribution in [1.82, 2.24) is 4.90 Å². The lowest BCUT2D eigenvalue weighted by Crippen LogP contribution is -2.26. The van der Waals surface area contributed by atoms with Gasteiger partial charge in [0.15, 0.2) is 0 Å². The number of hydrogen-bond donors (Lipinski definition) is 0. The molecule has 0 bridgehead atoms. The van der Waals surface area contributed by atoms with E-state index in [1.165, 1.54) is 4.90 Å². The number of amides is 2. The Balaban J connectivity index is 2.36. The van der Waals surface area contributed by atoms with Gasteiger partial charge in [-0.2, -0.15) is 0 Å².